The van der Waals surface area contributed by atoms with E-state index in [9.17, 15) is 4.39 Å². The largest absolute Gasteiger partial charge is 0.396 e. The number of hydrogen-bond donors (Lipinski definition) is 2. The summed E-state index contributed by atoms with van der Waals surface area (Å²) in [6.07, 6.45) is 0.386. The quantitative estimate of drug-likeness (QED) is 0.836. The van der Waals surface area contributed by atoms with Crippen LogP contribution in [0.2, 0.25) is 0 Å². The molecule has 2 nitrogen and oxygen atoms in total. The molecule has 3 N–H and O–H groups in total. The van der Waals surface area contributed by atoms with Crippen molar-refractivity contribution in [2.45, 2.75) is 12.5 Å². The Labute approximate surface area is 90.1 Å². The van der Waals surface area contributed by atoms with Crippen LogP contribution < -0.4 is 5.73 Å². The van der Waals surface area contributed by atoms with Crippen LogP contribution in [0.1, 0.15) is 18.0 Å². The van der Waals surface area contributed by atoms with Gasteiger partial charge in [0.05, 0.1) is 0 Å². The predicted molar refractivity (Wildman–Crippen MR) is 57.7 cm³/mol. The molecule has 0 spiro atoms. The molecule has 0 saturated heterocycles. The highest BCUT2D eigenvalue weighted by Gasteiger charge is 2.10. The monoisotopic (exact) mass is 295 g/mol. The molecule has 0 amide bonds. The van der Waals surface area contributed by atoms with Crippen LogP contribution in [0.3, 0.4) is 0 Å². The molecule has 0 aromatic heterocycles. The van der Waals surface area contributed by atoms with E-state index in [1.54, 1.807) is 12.1 Å². The lowest BCUT2D eigenvalue weighted by molar-refractivity contribution is 0.275. The maximum Gasteiger partial charge on any atom is 0.128 e. The fourth-order valence-electron chi connectivity index (χ4n) is 1.09. The summed E-state index contributed by atoms with van der Waals surface area (Å²) in [5.41, 5.74) is 6.14. The smallest absolute Gasteiger partial charge is 0.128 e. The van der Waals surface area contributed by atoms with Gasteiger partial charge in [0.15, 0.2) is 0 Å². The second kappa shape index (κ2) is 4.88. The lowest BCUT2D eigenvalue weighted by Gasteiger charge is -2.11. The highest BCUT2D eigenvalue weighted by Crippen LogP contribution is 2.19. The van der Waals surface area contributed by atoms with Crippen LogP contribution in [0.4, 0.5) is 4.39 Å². The van der Waals surface area contributed by atoms with Crippen LogP contribution in [0.25, 0.3) is 0 Å². The first-order chi connectivity index (χ1) is 6.15. The molecule has 72 valence electrons. The van der Waals surface area contributed by atoms with Crippen molar-refractivity contribution in [3.63, 3.8) is 0 Å². The summed E-state index contributed by atoms with van der Waals surface area (Å²) in [5, 5.41) is 8.65. The van der Waals surface area contributed by atoms with Crippen molar-refractivity contribution < 1.29 is 9.50 Å². The van der Waals surface area contributed by atoms with Gasteiger partial charge in [0.2, 0.25) is 0 Å². The molecule has 0 bridgehead atoms. The van der Waals surface area contributed by atoms with E-state index in [1.165, 1.54) is 6.07 Å². The van der Waals surface area contributed by atoms with Crippen LogP contribution in [0.15, 0.2) is 18.2 Å². The minimum absolute atomic E-state index is 0.0217. The molecule has 0 aliphatic rings. The Balaban J connectivity index is 2.91. The first kappa shape index (κ1) is 10.9. The summed E-state index contributed by atoms with van der Waals surface area (Å²) in [7, 11) is 0. The first-order valence-corrected chi connectivity index (χ1v) is 5.04. The Morgan fingerprint density at radius 3 is 2.85 bits per heavy atom. The lowest BCUT2D eigenvalue weighted by atomic mass is 10.0. The second-order valence-electron chi connectivity index (χ2n) is 2.78. The maximum atomic E-state index is 13.2. The molecule has 0 saturated carbocycles. The lowest BCUT2D eigenvalue weighted by Crippen LogP contribution is -2.13. The predicted octanol–water partition coefficient (Wildman–Crippen LogP) is 1.81. The van der Waals surface area contributed by atoms with E-state index in [2.05, 4.69) is 22.6 Å². The normalized spacial score (nSPS) is 12.9. The summed E-state index contributed by atoms with van der Waals surface area (Å²) in [4.78, 5) is 0. The topological polar surface area (TPSA) is 46.2 Å². The van der Waals surface area contributed by atoms with Gasteiger partial charge in [-0.05, 0) is 47.2 Å². The van der Waals surface area contributed by atoms with Gasteiger partial charge in [-0.1, -0.05) is 0 Å². The highest BCUT2D eigenvalue weighted by molar-refractivity contribution is 14.1. The fraction of sp³-hybridized carbons (Fsp3) is 0.333. The zero-order chi connectivity index (χ0) is 9.84. The minimum Gasteiger partial charge on any atom is -0.396 e. The van der Waals surface area contributed by atoms with E-state index < -0.39 is 6.04 Å². The van der Waals surface area contributed by atoms with Crippen molar-refractivity contribution in [2.75, 3.05) is 6.61 Å². The van der Waals surface area contributed by atoms with Crippen molar-refractivity contribution in [3.8, 4) is 0 Å². The van der Waals surface area contributed by atoms with Gasteiger partial charge in [-0.15, -0.1) is 0 Å². The van der Waals surface area contributed by atoms with Gasteiger partial charge in [0, 0.05) is 21.8 Å². The van der Waals surface area contributed by atoms with Gasteiger partial charge in [-0.2, -0.15) is 0 Å². The Bertz CT molecular complexity index is 293. The van der Waals surface area contributed by atoms with E-state index >= 15 is 0 Å². The molecule has 1 rings (SSSR count). The van der Waals surface area contributed by atoms with Crippen molar-refractivity contribution in [2.24, 2.45) is 5.73 Å². The molecule has 4 heteroatoms. The van der Waals surface area contributed by atoms with Gasteiger partial charge >= 0.3 is 0 Å². The number of hydrogen-bond acceptors (Lipinski definition) is 2. The maximum absolute atomic E-state index is 13.2. The van der Waals surface area contributed by atoms with E-state index in [1.807, 2.05) is 0 Å². The van der Waals surface area contributed by atoms with Crippen LogP contribution in [0.5, 0.6) is 0 Å². The number of nitrogens with two attached hydrogens (primary N) is 1. The molecule has 1 aromatic rings. The molecular formula is C9H11FINO. The van der Waals surface area contributed by atoms with Gasteiger partial charge in [0.25, 0.3) is 0 Å². The third kappa shape index (κ3) is 2.89. The summed E-state index contributed by atoms with van der Waals surface area (Å²) >= 11 is 2.10. The summed E-state index contributed by atoms with van der Waals surface area (Å²) < 4.78 is 14.1. The highest BCUT2D eigenvalue weighted by atomic mass is 127. The average molecular weight is 295 g/mol. The van der Waals surface area contributed by atoms with Crippen molar-refractivity contribution >= 4 is 22.6 Å². The molecule has 0 aliphatic heterocycles. The first-order valence-electron chi connectivity index (χ1n) is 3.96. The number of rotatable bonds is 3. The van der Waals surface area contributed by atoms with Crippen LogP contribution in [-0.2, 0) is 0 Å². The Morgan fingerprint density at radius 1 is 1.54 bits per heavy atom. The Kier molecular flexibility index (Phi) is 4.08. The molecule has 0 heterocycles. The van der Waals surface area contributed by atoms with E-state index in [-0.39, 0.29) is 12.4 Å². The molecule has 0 aliphatic carbocycles. The van der Waals surface area contributed by atoms with E-state index in [4.69, 9.17) is 10.8 Å². The molecule has 0 fully saturated rings. The standard InChI is InChI=1S/C9H11FINO/c10-8-2-1-6(11)5-7(8)9(12)3-4-13/h1-2,5,9,13H,3-4,12H2/t9-/m0/s1. The second-order valence-corrected chi connectivity index (χ2v) is 4.03. The van der Waals surface area contributed by atoms with Crippen LogP contribution in [-0.4, -0.2) is 11.7 Å². The van der Waals surface area contributed by atoms with Gasteiger partial charge in [-0.3, -0.25) is 0 Å². The molecule has 1 aromatic carbocycles. The van der Waals surface area contributed by atoms with Crippen LogP contribution in [0, 0.1) is 9.39 Å². The molecule has 0 radical (unpaired) electrons. The van der Waals surface area contributed by atoms with Gasteiger partial charge in [0.1, 0.15) is 5.82 Å². The van der Waals surface area contributed by atoms with Crippen molar-refractivity contribution in [1.29, 1.82) is 0 Å². The summed E-state index contributed by atoms with van der Waals surface area (Å²) in [6, 6.07) is 4.37. The third-order valence-electron chi connectivity index (χ3n) is 1.80. The number of halogens is 2. The molecule has 13 heavy (non-hydrogen) atoms. The number of benzene rings is 1. The Morgan fingerprint density at radius 2 is 2.23 bits per heavy atom. The van der Waals surface area contributed by atoms with Gasteiger partial charge in [-0.25, -0.2) is 4.39 Å². The average Bonchev–Trinajstić information content (AvgIpc) is 2.09. The van der Waals surface area contributed by atoms with E-state index in [0.29, 0.717) is 12.0 Å². The third-order valence-corrected chi connectivity index (χ3v) is 2.47. The summed E-state index contributed by atoms with van der Waals surface area (Å²) in [6.45, 7) is -0.0217. The molecule has 1 atom stereocenters. The van der Waals surface area contributed by atoms with Gasteiger partial charge < -0.3 is 10.8 Å². The van der Waals surface area contributed by atoms with E-state index in [0.717, 1.165) is 3.57 Å². The van der Waals surface area contributed by atoms with Crippen LogP contribution >= 0.6 is 22.6 Å². The zero-order valence-electron chi connectivity index (χ0n) is 7.00. The number of aliphatic hydroxyl groups excluding tert-OH is 1. The fourth-order valence-corrected chi connectivity index (χ4v) is 1.61. The summed E-state index contributed by atoms with van der Waals surface area (Å²) in [5.74, 6) is -0.304. The Hall–Kier alpha value is -0.200. The molecular weight excluding hydrogens is 284 g/mol. The minimum atomic E-state index is -0.417. The van der Waals surface area contributed by atoms with Crippen molar-refractivity contribution in [3.05, 3.63) is 33.1 Å². The zero-order valence-corrected chi connectivity index (χ0v) is 9.16. The SMILES string of the molecule is N[C@@H](CCO)c1cc(I)ccc1F. The molecule has 0 unspecified atom stereocenters. The number of aliphatic hydroxyl groups is 1. The van der Waals surface area contributed by atoms with Crippen molar-refractivity contribution in [1.82, 2.24) is 0 Å².